The van der Waals surface area contributed by atoms with Crippen LogP contribution >= 0.6 is 0 Å². The summed E-state index contributed by atoms with van der Waals surface area (Å²) in [7, 11) is 3.78. The zero-order valence-electron chi connectivity index (χ0n) is 28.2. The molecule has 4 rings (SSSR count). The van der Waals surface area contributed by atoms with Crippen molar-refractivity contribution in [2.75, 3.05) is 27.3 Å². The summed E-state index contributed by atoms with van der Waals surface area (Å²) in [5.74, 6) is -2.82. The molecule has 4 saturated heterocycles. The Morgan fingerprint density at radius 2 is 1.71 bits per heavy atom. The molecular formula is C32H54N2O11. The third-order valence-corrected chi connectivity index (χ3v) is 10.4. The van der Waals surface area contributed by atoms with Crippen LogP contribution in [-0.2, 0) is 38.0 Å². The van der Waals surface area contributed by atoms with Crippen LogP contribution in [0.15, 0.2) is 0 Å². The molecule has 0 aromatic carbocycles. The fraction of sp³-hybridized carbons (Fsp3) is 0.906. The summed E-state index contributed by atoms with van der Waals surface area (Å²) in [6.45, 7) is 12.3. The predicted octanol–water partition coefficient (Wildman–Crippen LogP) is 1.79. The highest BCUT2D eigenvalue weighted by molar-refractivity contribution is 5.85. The number of hydrogen-bond donors (Lipinski definition) is 3. The van der Waals surface area contributed by atoms with Gasteiger partial charge in [0.25, 0.3) is 0 Å². The van der Waals surface area contributed by atoms with E-state index in [2.05, 4.69) is 5.32 Å². The van der Waals surface area contributed by atoms with E-state index in [4.69, 9.17) is 28.4 Å². The van der Waals surface area contributed by atoms with Crippen molar-refractivity contribution in [2.24, 2.45) is 17.8 Å². The van der Waals surface area contributed by atoms with Gasteiger partial charge in [0.1, 0.15) is 24.1 Å². The number of amides is 1. The van der Waals surface area contributed by atoms with Crippen LogP contribution in [0.4, 0.5) is 4.79 Å². The van der Waals surface area contributed by atoms with Gasteiger partial charge in [-0.05, 0) is 61.1 Å². The Labute approximate surface area is 266 Å². The molecule has 4 fully saturated rings. The van der Waals surface area contributed by atoms with E-state index in [0.29, 0.717) is 12.8 Å². The number of carbonyl (C=O) groups is 3. The van der Waals surface area contributed by atoms with Crippen LogP contribution in [0.3, 0.4) is 0 Å². The molecule has 1 amide bonds. The predicted molar refractivity (Wildman–Crippen MR) is 161 cm³/mol. The molecule has 13 nitrogen and oxygen atoms in total. The quantitative estimate of drug-likeness (QED) is 0.382. The lowest BCUT2D eigenvalue weighted by Gasteiger charge is -2.46. The second-order valence-electron chi connectivity index (χ2n) is 14.2. The molecule has 4 aliphatic rings. The SMILES string of the molecule is CC[C@H]1OC(=O)[C@H](C)[C@H]2C[C@@H](OC3O[C@H](C)C[C@H](N(C)C)[C@H]3O)[C@](C)(C[C@@H](C)C(=O)[C@H](C)C3NC(=O)OC31C)OCC(O)CO2. The number of cyclic esters (lactones) is 1. The van der Waals surface area contributed by atoms with Gasteiger partial charge in [-0.1, -0.05) is 20.8 Å². The lowest BCUT2D eigenvalue weighted by molar-refractivity contribution is -0.295. The van der Waals surface area contributed by atoms with E-state index in [0.717, 1.165) is 0 Å². The summed E-state index contributed by atoms with van der Waals surface area (Å²) in [5.41, 5.74) is -2.47. The van der Waals surface area contributed by atoms with E-state index in [1.165, 1.54) is 0 Å². The van der Waals surface area contributed by atoms with Gasteiger partial charge in [0.05, 0.1) is 49.1 Å². The Balaban J connectivity index is 1.78. The fourth-order valence-electron chi connectivity index (χ4n) is 7.52. The summed E-state index contributed by atoms with van der Waals surface area (Å²) < 4.78 is 37.1. The maximum absolute atomic E-state index is 14.1. The standard InChI is InChI=1S/C32H54N2O11/c1-10-23-32(7)27(33-30(39)45-32)19(5)25(36)16(2)13-31(6)24(44-29-26(37)21(34(8)9)11-17(3)42-29)12-22(18(4)28(38)43-23)40-14-20(35)15-41-31/h16-24,26-27,29,35,37H,10-15H2,1-9H3,(H,33,39)/t16-,17-,18-,19+,20?,21+,22-,23-,24-,26-,27?,29?,31+,32?/m1/s1. The first kappa shape index (κ1) is 36.0. The monoisotopic (exact) mass is 642 g/mol. The molecule has 0 aromatic heterocycles. The highest BCUT2D eigenvalue weighted by Gasteiger charge is 2.57. The number of fused-ring (bicyclic) bond motifs is 4. The van der Waals surface area contributed by atoms with Crippen LogP contribution in [0.25, 0.3) is 0 Å². The van der Waals surface area contributed by atoms with Crippen LogP contribution in [0.1, 0.15) is 74.1 Å². The minimum atomic E-state index is -1.29. The van der Waals surface area contributed by atoms with Gasteiger partial charge in [-0.3, -0.25) is 9.59 Å². The van der Waals surface area contributed by atoms with E-state index in [9.17, 15) is 24.6 Å². The van der Waals surface area contributed by atoms with Crippen molar-refractivity contribution in [3.05, 3.63) is 0 Å². The van der Waals surface area contributed by atoms with Crippen molar-refractivity contribution < 1.29 is 53.0 Å². The van der Waals surface area contributed by atoms with Gasteiger partial charge in [-0.25, -0.2) is 4.79 Å². The van der Waals surface area contributed by atoms with Gasteiger partial charge < -0.3 is 48.9 Å². The minimum Gasteiger partial charge on any atom is -0.458 e. The van der Waals surface area contributed by atoms with Gasteiger partial charge in [0.15, 0.2) is 11.9 Å². The maximum atomic E-state index is 14.1. The number of rotatable bonds is 4. The lowest BCUT2D eigenvalue weighted by atomic mass is 9.75. The molecule has 0 aromatic rings. The summed E-state index contributed by atoms with van der Waals surface area (Å²) in [6, 6.07) is -0.983. The molecule has 3 N–H and O–H groups in total. The van der Waals surface area contributed by atoms with Crippen LogP contribution < -0.4 is 5.32 Å². The number of alkyl carbamates (subject to hydrolysis) is 1. The number of hydrogen-bond acceptors (Lipinski definition) is 12. The Morgan fingerprint density at radius 1 is 1.02 bits per heavy atom. The molecule has 14 atom stereocenters. The maximum Gasteiger partial charge on any atom is 0.408 e. The fourth-order valence-corrected chi connectivity index (χ4v) is 7.52. The number of likely N-dealkylation sites (N-methyl/N-ethyl adjacent to an activating group) is 1. The van der Waals surface area contributed by atoms with Gasteiger partial charge in [0.2, 0.25) is 0 Å². The van der Waals surface area contributed by atoms with Crippen molar-refractivity contribution in [1.29, 1.82) is 0 Å². The first-order valence-corrected chi connectivity index (χ1v) is 16.3. The molecule has 258 valence electrons. The van der Waals surface area contributed by atoms with E-state index in [1.807, 2.05) is 39.8 Å². The Kier molecular flexibility index (Phi) is 11.3. The molecule has 4 heterocycles. The third kappa shape index (κ3) is 7.50. The van der Waals surface area contributed by atoms with Crippen molar-refractivity contribution >= 4 is 17.8 Å². The number of Topliss-reactive ketones (excluding diaryl/α,β-unsaturated/α-hetero) is 1. The van der Waals surface area contributed by atoms with Crippen molar-refractivity contribution in [2.45, 2.75) is 140 Å². The third-order valence-electron chi connectivity index (χ3n) is 10.4. The Bertz CT molecular complexity index is 1080. The second kappa shape index (κ2) is 14.1. The van der Waals surface area contributed by atoms with E-state index >= 15 is 0 Å². The number of carbonyl (C=O) groups excluding carboxylic acids is 3. The number of aliphatic hydroxyl groups is 2. The molecule has 4 unspecified atom stereocenters. The Morgan fingerprint density at radius 3 is 2.36 bits per heavy atom. The van der Waals surface area contributed by atoms with Crippen molar-refractivity contribution in [1.82, 2.24) is 10.2 Å². The molecule has 2 bridgehead atoms. The number of ether oxygens (including phenoxy) is 6. The number of aliphatic hydroxyl groups excluding tert-OH is 2. The normalized spacial score (nSPS) is 47.1. The highest BCUT2D eigenvalue weighted by Crippen LogP contribution is 2.40. The summed E-state index contributed by atoms with van der Waals surface area (Å²) >= 11 is 0. The number of esters is 1. The average Bonchev–Trinajstić information content (AvgIpc) is 3.31. The Hall–Kier alpha value is -1.87. The topological polar surface area (TPSA) is 162 Å². The zero-order valence-corrected chi connectivity index (χ0v) is 28.2. The van der Waals surface area contributed by atoms with Crippen LogP contribution in [0.2, 0.25) is 0 Å². The van der Waals surface area contributed by atoms with Gasteiger partial charge in [0, 0.05) is 24.3 Å². The van der Waals surface area contributed by atoms with Crippen LogP contribution in [0.5, 0.6) is 0 Å². The molecule has 0 radical (unpaired) electrons. The molecule has 0 spiro atoms. The molecule has 0 aliphatic carbocycles. The summed E-state index contributed by atoms with van der Waals surface area (Å²) in [4.78, 5) is 42.3. The smallest absolute Gasteiger partial charge is 0.408 e. The first-order chi connectivity index (χ1) is 21.0. The van der Waals surface area contributed by atoms with E-state index in [-0.39, 0.29) is 44.0 Å². The molecule has 4 aliphatic heterocycles. The minimum absolute atomic E-state index is 0.0998. The first-order valence-electron chi connectivity index (χ1n) is 16.3. The van der Waals surface area contributed by atoms with Crippen LogP contribution in [-0.4, -0.2) is 126 Å². The molecule has 13 heteroatoms. The zero-order chi connectivity index (χ0) is 33.4. The number of nitrogens with zero attached hydrogens (tertiary/aromatic N) is 1. The lowest BCUT2D eigenvalue weighted by Crippen LogP contribution is -2.59. The van der Waals surface area contributed by atoms with Gasteiger partial charge >= 0.3 is 12.1 Å². The van der Waals surface area contributed by atoms with E-state index < -0.39 is 83.9 Å². The average molecular weight is 643 g/mol. The number of nitrogens with one attached hydrogen (secondary N) is 1. The van der Waals surface area contributed by atoms with Crippen LogP contribution in [0, 0.1) is 17.8 Å². The largest absolute Gasteiger partial charge is 0.458 e. The van der Waals surface area contributed by atoms with Crippen molar-refractivity contribution in [3.8, 4) is 0 Å². The summed E-state index contributed by atoms with van der Waals surface area (Å²) in [5, 5.41) is 24.9. The highest BCUT2D eigenvalue weighted by atomic mass is 16.7. The molecule has 45 heavy (non-hydrogen) atoms. The van der Waals surface area contributed by atoms with Crippen molar-refractivity contribution in [3.63, 3.8) is 0 Å². The van der Waals surface area contributed by atoms with Gasteiger partial charge in [-0.2, -0.15) is 0 Å². The van der Waals surface area contributed by atoms with E-state index in [1.54, 1.807) is 27.7 Å². The second-order valence-corrected chi connectivity index (χ2v) is 14.2. The summed E-state index contributed by atoms with van der Waals surface area (Å²) in [6.07, 6.45) is -5.12. The molecule has 0 saturated carbocycles. The van der Waals surface area contributed by atoms with Gasteiger partial charge in [-0.15, -0.1) is 0 Å². The molecular weight excluding hydrogens is 588 g/mol. The number of ketones is 1.